The van der Waals surface area contributed by atoms with Crippen molar-refractivity contribution in [2.75, 3.05) is 13.2 Å². The molecular formula is C18H31N3O3. The maximum Gasteiger partial charge on any atom is 0.315 e. The lowest BCUT2D eigenvalue weighted by atomic mass is 9.83. The number of nitrogens with one attached hydrogen (secondary N) is 2. The fraction of sp³-hybridized carbons (Fsp3) is 0.778. The molecule has 0 radical (unpaired) electrons. The number of aliphatic hydroxyl groups is 1. The zero-order chi connectivity index (χ0) is 17.4. The number of amides is 2. The Morgan fingerprint density at radius 1 is 1.33 bits per heavy atom. The number of hydrogen-bond donors (Lipinski definition) is 3. The largest absolute Gasteiger partial charge is 0.396 e. The molecule has 1 unspecified atom stereocenters. The molecule has 6 heteroatoms. The van der Waals surface area contributed by atoms with Gasteiger partial charge in [0.25, 0.3) is 0 Å². The molecule has 2 amide bonds. The van der Waals surface area contributed by atoms with Crippen molar-refractivity contribution in [2.24, 2.45) is 5.92 Å². The van der Waals surface area contributed by atoms with Crippen LogP contribution in [0.15, 0.2) is 4.52 Å². The summed E-state index contributed by atoms with van der Waals surface area (Å²) in [6.07, 6.45) is 8.39. The van der Waals surface area contributed by atoms with Gasteiger partial charge < -0.3 is 20.3 Å². The second kappa shape index (κ2) is 9.67. The number of urea groups is 1. The van der Waals surface area contributed by atoms with Crippen molar-refractivity contribution < 1.29 is 14.4 Å². The topological polar surface area (TPSA) is 87.4 Å². The van der Waals surface area contributed by atoms with E-state index >= 15 is 0 Å². The minimum atomic E-state index is -0.127. The summed E-state index contributed by atoms with van der Waals surface area (Å²) >= 11 is 0. The molecule has 0 bridgehead atoms. The van der Waals surface area contributed by atoms with Gasteiger partial charge in [0, 0.05) is 24.8 Å². The van der Waals surface area contributed by atoms with E-state index in [4.69, 9.17) is 4.52 Å². The van der Waals surface area contributed by atoms with Crippen LogP contribution in [0.5, 0.6) is 0 Å². The summed E-state index contributed by atoms with van der Waals surface area (Å²) in [6.45, 7) is 4.59. The molecule has 0 aliphatic heterocycles. The van der Waals surface area contributed by atoms with Crippen LogP contribution in [0.1, 0.15) is 62.0 Å². The summed E-state index contributed by atoms with van der Waals surface area (Å²) in [5.74, 6) is 1.36. The second-order valence-corrected chi connectivity index (χ2v) is 6.82. The number of aromatic nitrogens is 1. The highest BCUT2D eigenvalue weighted by atomic mass is 16.5. The molecule has 0 saturated heterocycles. The highest BCUT2D eigenvalue weighted by molar-refractivity contribution is 5.74. The maximum atomic E-state index is 12.1. The summed E-state index contributed by atoms with van der Waals surface area (Å²) < 4.78 is 5.15. The molecule has 136 valence electrons. The molecule has 1 heterocycles. The molecule has 6 nitrogen and oxygen atoms in total. The lowest BCUT2D eigenvalue weighted by Crippen LogP contribution is -2.46. The summed E-state index contributed by atoms with van der Waals surface area (Å²) in [5.41, 5.74) is 2.06. The van der Waals surface area contributed by atoms with Crippen LogP contribution in [0.4, 0.5) is 4.79 Å². The second-order valence-electron chi connectivity index (χ2n) is 6.82. The van der Waals surface area contributed by atoms with Crippen LogP contribution >= 0.6 is 0 Å². The van der Waals surface area contributed by atoms with Crippen LogP contribution < -0.4 is 10.6 Å². The summed E-state index contributed by atoms with van der Waals surface area (Å²) in [5, 5.41) is 19.2. The number of carbonyl (C=O) groups is 1. The third-order valence-corrected chi connectivity index (χ3v) is 5.05. The van der Waals surface area contributed by atoms with E-state index in [9.17, 15) is 9.90 Å². The molecule has 1 saturated carbocycles. The van der Waals surface area contributed by atoms with Gasteiger partial charge in [-0.2, -0.15) is 0 Å². The van der Waals surface area contributed by atoms with Gasteiger partial charge in [0.05, 0.1) is 5.69 Å². The number of nitrogens with zero attached hydrogens (tertiary/aromatic N) is 1. The third kappa shape index (κ3) is 5.51. The summed E-state index contributed by atoms with van der Waals surface area (Å²) in [4.78, 5) is 12.1. The van der Waals surface area contributed by atoms with Crippen molar-refractivity contribution >= 4 is 6.03 Å². The first-order chi connectivity index (χ1) is 11.6. The van der Waals surface area contributed by atoms with Crippen LogP contribution in [-0.4, -0.2) is 35.5 Å². The van der Waals surface area contributed by atoms with Crippen LogP contribution in [0.2, 0.25) is 0 Å². The fourth-order valence-electron chi connectivity index (χ4n) is 3.65. The van der Waals surface area contributed by atoms with Gasteiger partial charge in [-0.15, -0.1) is 0 Å². The van der Waals surface area contributed by atoms with Gasteiger partial charge >= 0.3 is 6.03 Å². The minimum absolute atomic E-state index is 0.0814. The number of rotatable bonds is 8. The molecule has 1 atom stereocenters. The van der Waals surface area contributed by atoms with Gasteiger partial charge in [-0.05, 0) is 51.9 Å². The monoisotopic (exact) mass is 337 g/mol. The van der Waals surface area contributed by atoms with Crippen LogP contribution in [-0.2, 0) is 6.42 Å². The molecule has 1 aliphatic carbocycles. The number of hydrogen-bond acceptors (Lipinski definition) is 4. The van der Waals surface area contributed by atoms with Crippen molar-refractivity contribution in [1.82, 2.24) is 15.8 Å². The molecule has 2 rings (SSSR count). The summed E-state index contributed by atoms with van der Waals surface area (Å²) in [7, 11) is 0. The average Bonchev–Trinajstić information content (AvgIpc) is 2.90. The van der Waals surface area contributed by atoms with Gasteiger partial charge in [0.1, 0.15) is 5.76 Å². The first-order valence-electron chi connectivity index (χ1n) is 9.18. The Bertz CT molecular complexity index is 490. The number of aliphatic hydroxyl groups excluding tert-OH is 1. The standard InChI is InChI=1S/C18H31N3O3/c1-13-16(14(2)24-21-13)9-6-11-19-18(23)20-17(10-12-22)15-7-4-3-5-8-15/h15,17,22H,3-12H2,1-2H3,(H2,19,20,23). The van der Waals surface area contributed by atoms with E-state index in [1.807, 2.05) is 13.8 Å². The highest BCUT2D eigenvalue weighted by Gasteiger charge is 2.24. The third-order valence-electron chi connectivity index (χ3n) is 5.05. The predicted molar refractivity (Wildman–Crippen MR) is 92.9 cm³/mol. The SMILES string of the molecule is Cc1noc(C)c1CCCNC(=O)NC(CCO)C1CCCCC1. The molecule has 0 aromatic carbocycles. The molecule has 1 aromatic heterocycles. The van der Waals surface area contributed by atoms with Gasteiger partial charge in [0.15, 0.2) is 0 Å². The van der Waals surface area contributed by atoms with Gasteiger partial charge in [-0.3, -0.25) is 0 Å². The van der Waals surface area contributed by atoms with Crippen LogP contribution in [0, 0.1) is 19.8 Å². The zero-order valence-electron chi connectivity index (χ0n) is 14.9. The first kappa shape index (κ1) is 18.8. The Morgan fingerprint density at radius 2 is 2.08 bits per heavy atom. The van der Waals surface area contributed by atoms with Gasteiger partial charge in [0.2, 0.25) is 0 Å². The molecule has 0 spiro atoms. The Kier molecular flexibility index (Phi) is 7.56. The molecule has 24 heavy (non-hydrogen) atoms. The predicted octanol–water partition coefficient (Wildman–Crippen LogP) is 2.85. The smallest absolute Gasteiger partial charge is 0.315 e. The molecular weight excluding hydrogens is 306 g/mol. The lowest BCUT2D eigenvalue weighted by Gasteiger charge is -2.30. The average molecular weight is 337 g/mol. The van der Waals surface area contributed by atoms with E-state index in [0.29, 0.717) is 18.9 Å². The van der Waals surface area contributed by atoms with Crippen LogP contribution in [0.3, 0.4) is 0 Å². The number of aryl methyl sites for hydroxylation is 2. The molecule has 1 aromatic rings. The minimum Gasteiger partial charge on any atom is -0.396 e. The van der Waals surface area contributed by atoms with E-state index in [1.54, 1.807) is 0 Å². The lowest BCUT2D eigenvalue weighted by molar-refractivity contribution is 0.196. The molecule has 1 aliphatic rings. The Labute approximate surface area is 144 Å². The Hall–Kier alpha value is -1.56. The highest BCUT2D eigenvalue weighted by Crippen LogP contribution is 2.27. The van der Waals surface area contributed by atoms with Crippen molar-refractivity contribution in [3.05, 3.63) is 17.0 Å². The van der Waals surface area contributed by atoms with E-state index in [1.165, 1.54) is 19.3 Å². The van der Waals surface area contributed by atoms with Crippen molar-refractivity contribution in [3.63, 3.8) is 0 Å². The molecule has 1 fully saturated rings. The quantitative estimate of drug-likeness (QED) is 0.637. The van der Waals surface area contributed by atoms with Crippen molar-refractivity contribution in [3.8, 4) is 0 Å². The number of carbonyl (C=O) groups excluding carboxylic acids is 1. The van der Waals surface area contributed by atoms with Crippen molar-refractivity contribution in [1.29, 1.82) is 0 Å². The van der Waals surface area contributed by atoms with E-state index in [2.05, 4.69) is 15.8 Å². The van der Waals surface area contributed by atoms with E-state index in [0.717, 1.165) is 42.7 Å². The Morgan fingerprint density at radius 3 is 2.71 bits per heavy atom. The first-order valence-corrected chi connectivity index (χ1v) is 9.18. The Balaban J connectivity index is 1.70. The van der Waals surface area contributed by atoms with Gasteiger partial charge in [-0.25, -0.2) is 4.79 Å². The van der Waals surface area contributed by atoms with Crippen LogP contribution in [0.25, 0.3) is 0 Å². The normalized spacial score (nSPS) is 16.8. The molecule has 3 N–H and O–H groups in total. The van der Waals surface area contributed by atoms with Gasteiger partial charge in [-0.1, -0.05) is 24.4 Å². The fourth-order valence-corrected chi connectivity index (χ4v) is 3.65. The van der Waals surface area contributed by atoms with E-state index < -0.39 is 0 Å². The van der Waals surface area contributed by atoms with E-state index in [-0.39, 0.29) is 18.7 Å². The van der Waals surface area contributed by atoms with Crippen molar-refractivity contribution in [2.45, 2.75) is 71.3 Å². The maximum absolute atomic E-state index is 12.1. The summed E-state index contributed by atoms with van der Waals surface area (Å²) in [6, 6.07) is -0.0457. The zero-order valence-corrected chi connectivity index (χ0v) is 14.9.